The van der Waals surface area contributed by atoms with Crippen LogP contribution in [0, 0.1) is 0 Å². The molecule has 0 aliphatic carbocycles. The van der Waals surface area contributed by atoms with Gasteiger partial charge in [-0.05, 0) is 29.8 Å². The van der Waals surface area contributed by atoms with Gasteiger partial charge in [0.25, 0.3) is 11.8 Å². The first-order valence-electron chi connectivity index (χ1n) is 8.54. The zero-order valence-corrected chi connectivity index (χ0v) is 14.6. The highest BCUT2D eigenvalue weighted by Gasteiger charge is 2.10. The van der Waals surface area contributed by atoms with E-state index in [1.165, 1.54) is 0 Å². The lowest BCUT2D eigenvalue weighted by Gasteiger charge is -2.09. The number of rotatable bonds is 6. The van der Waals surface area contributed by atoms with E-state index in [4.69, 9.17) is 0 Å². The quantitative estimate of drug-likeness (QED) is 0.525. The van der Waals surface area contributed by atoms with Crippen molar-refractivity contribution in [3.63, 3.8) is 0 Å². The molecular weight excluding hydrogens is 338 g/mol. The minimum Gasteiger partial charge on any atom is -0.346 e. The molecule has 3 rings (SSSR count). The van der Waals surface area contributed by atoms with Crippen LogP contribution >= 0.6 is 0 Å². The number of hydrazone groups is 1. The molecule has 5 nitrogen and oxygen atoms in total. The van der Waals surface area contributed by atoms with Crippen LogP contribution in [0.25, 0.3) is 0 Å². The van der Waals surface area contributed by atoms with Gasteiger partial charge in [0.05, 0.1) is 12.3 Å². The molecule has 0 atom stereocenters. The largest absolute Gasteiger partial charge is 0.346 e. The average Bonchev–Trinajstić information content (AvgIpc) is 2.75. The SMILES string of the molecule is O=C(NC/C(=N/NC(=O)c1ccccc1)c1ccccc1)c1ccccc1. The Morgan fingerprint density at radius 1 is 0.630 bits per heavy atom. The van der Waals surface area contributed by atoms with Gasteiger partial charge in [-0.3, -0.25) is 9.59 Å². The molecule has 5 heteroatoms. The van der Waals surface area contributed by atoms with Crippen molar-refractivity contribution in [3.05, 3.63) is 108 Å². The number of hydrogen-bond donors (Lipinski definition) is 2. The molecule has 0 saturated heterocycles. The first-order valence-corrected chi connectivity index (χ1v) is 8.54. The summed E-state index contributed by atoms with van der Waals surface area (Å²) in [6.07, 6.45) is 0. The minimum atomic E-state index is -0.307. The molecule has 0 bridgehead atoms. The van der Waals surface area contributed by atoms with E-state index in [-0.39, 0.29) is 18.4 Å². The van der Waals surface area contributed by atoms with Crippen molar-refractivity contribution in [2.24, 2.45) is 5.10 Å². The number of benzene rings is 3. The molecule has 0 radical (unpaired) electrons. The van der Waals surface area contributed by atoms with Gasteiger partial charge in [-0.2, -0.15) is 5.10 Å². The maximum absolute atomic E-state index is 12.3. The summed E-state index contributed by atoms with van der Waals surface area (Å²) >= 11 is 0. The van der Waals surface area contributed by atoms with E-state index >= 15 is 0 Å². The summed E-state index contributed by atoms with van der Waals surface area (Å²) in [7, 11) is 0. The molecule has 0 aliphatic rings. The predicted molar refractivity (Wildman–Crippen MR) is 106 cm³/mol. The fraction of sp³-hybridized carbons (Fsp3) is 0.0455. The second-order valence-electron chi connectivity index (χ2n) is 5.78. The van der Waals surface area contributed by atoms with E-state index in [1.807, 2.05) is 42.5 Å². The minimum absolute atomic E-state index is 0.187. The van der Waals surface area contributed by atoms with Crippen LogP contribution in [0.3, 0.4) is 0 Å². The summed E-state index contributed by atoms with van der Waals surface area (Å²) in [5.74, 6) is -0.507. The standard InChI is InChI=1S/C22H19N3O2/c26-21(18-12-6-2-7-13-18)23-16-20(17-10-4-1-5-11-17)24-25-22(27)19-14-8-3-9-15-19/h1-15H,16H2,(H,23,26)(H,25,27)/b24-20-. The van der Waals surface area contributed by atoms with Crippen LogP contribution in [0.2, 0.25) is 0 Å². The predicted octanol–water partition coefficient (Wildman–Crippen LogP) is 3.25. The fourth-order valence-corrected chi connectivity index (χ4v) is 2.46. The molecule has 27 heavy (non-hydrogen) atoms. The molecule has 2 amide bonds. The molecule has 0 aliphatic heterocycles. The number of nitrogens with one attached hydrogen (secondary N) is 2. The fourth-order valence-electron chi connectivity index (χ4n) is 2.46. The van der Waals surface area contributed by atoms with Gasteiger partial charge in [0.2, 0.25) is 0 Å². The molecule has 134 valence electrons. The second kappa shape index (κ2) is 9.10. The highest BCUT2D eigenvalue weighted by molar-refractivity contribution is 6.06. The third kappa shape index (κ3) is 5.12. The van der Waals surface area contributed by atoms with Crippen LogP contribution < -0.4 is 10.7 Å². The lowest BCUT2D eigenvalue weighted by atomic mass is 10.1. The highest BCUT2D eigenvalue weighted by Crippen LogP contribution is 2.03. The van der Waals surface area contributed by atoms with Gasteiger partial charge in [-0.15, -0.1) is 0 Å². The summed E-state index contributed by atoms with van der Waals surface area (Å²) in [6.45, 7) is 0.187. The van der Waals surface area contributed by atoms with Crippen molar-refractivity contribution >= 4 is 17.5 Å². The van der Waals surface area contributed by atoms with E-state index in [0.717, 1.165) is 5.56 Å². The molecule has 0 unspecified atom stereocenters. The molecule has 2 N–H and O–H groups in total. The number of hydrogen-bond acceptors (Lipinski definition) is 3. The Morgan fingerprint density at radius 3 is 1.59 bits per heavy atom. The van der Waals surface area contributed by atoms with Gasteiger partial charge in [0.1, 0.15) is 0 Å². The van der Waals surface area contributed by atoms with Crippen LogP contribution in [0.5, 0.6) is 0 Å². The van der Waals surface area contributed by atoms with Crippen LogP contribution in [-0.2, 0) is 0 Å². The zero-order chi connectivity index (χ0) is 18.9. The normalized spacial score (nSPS) is 10.9. The third-order valence-corrected chi connectivity index (χ3v) is 3.89. The Morgan fingerprint density at radius 2 is 1.07 bits per heavy atom. The molecule has 0 aromatic heterocycles. The van der Waals surface area contributed by atoms with Gasteiger partial charge in [0.15, 0.2) is 0 Å². The van der Waals surface area contributed by atoms with Crippen molar-refractivity contribution in [1.29, 1.82) is 0 Å². The number of nitrogens with zero attached hydrogens (tertiary/aromatic N) is 1. The third-order valence-electron chi connectivity index (χ3n) is 3.89. The summed E-state index contributed by atoms with van der Waals surface area (Å²) in [6, 6.07) is 27.2. The van der Waals surface area contributed by atoms with Crippen molar-refractivity contribution in [1.82, 2.24) is 10.7 Å². The van der Waals surface area contributed by atoms with E-state index in [9.17, 15) is 9.59 Å². The second-order valence-corrected chi connectivity index (χ2v) is 5.78. The maximum Gasteiger partial charge on any atom is 0.271 e. The van der Waals surface area contributed by atoms with Crippen molar-refractivity contribution in [2.45, 2.75) is 0 Å². The zero-order valence-electron chi connectivity index (χ0n) is 14.6. The molecule has 0 heterocycles. The molecule has 0 fully saturated rings. The summed E-state index contributed by atoms with van der Waals surface area (Å²) in [5.41, 5.74) is 5.02. The van der Waals surface area contributed by atoms with E-state index < -0.39 is 0 Å². The Kier molecular flexibility index (Phi) is 6.09. The van der Waals surface area contributed by atoms with Crippen LogP contribution in [0.1, 0.15) is 26.3 Å². The Bertz CT molecular complexity index is 924. The topological polar surface area (TPSA) is 70.6 Å². The van der Waals surface area contributed by atoms with E-state index in [1.54, 1.807) is 48.5 Å². The lowest BCUT2D eigenvalue weighted by molar-refractivity contribution is 0.0951. The van der Waals surface area contributed by atoms with Gasteiger partial charge in [-0.25, -0.2) is 5.43 Å². The Labute approximate surface area is 157 Å². The Hall–Kier alpha value is -3.73. The lowest BCUT2D eigenvalue weighted by Crippen LogP contribution is -2.32. The number of carbonyl (C=O) groups is 2. The molecule has 3 aromatic rings. The average molecular weight is 357 g/mol. The summed E-state index contributed by atoms with van der Waals surface area (Å²) in [4.78, 5) is 24.5. The maximum atomic E-state index is 12.3. The van der Waals surface area contributed by atoms with Gasteiger partial charge < -0.3 is 5.32 Å². The Balaban J connectivity index is 1.73. The monoisotopic (exact) mass is 357 g/mol. The van der Waals surface area contributed by atoms with Gasteiger partial charge >= 0.3 is 0 Å². The first-order chi connectivity index (χ1) is 13.2. The molecule has 0 saturated carbocycles. The van der Waals surface area contributed by atoms with Crippen LogP contribution in [-0.4, -0.2) is 24.1 Å². The summed E-state index contributed by atoms with van der Waals surface area (Å²) < 4.78 is 0. The van der Waals surface area contributed by atoms with Crippen molar-refractivity contribution < 1.29 is 9.59 Å². The van der Waals surface area contributed by atoms with Crippen molar-refractivity contribution in [2.75, 3.05) is 6.54 Å². The molecule has 3 aromatic carbocycles. The number of amides is 2. The number of carbonyl (C=O) groups excluding carboxylic acids is 2. The van der Waals surface area contributed by atoms with E-state index in [0.29, 0.717) is 16.8 Å². The molecule has 0 spiro atoms. The first kappa shape index (κ1) is 18.1. The smallest absolute Gasteiger partial charge is 0.271 e. The van der Waals surface area contributed by atoms with Crippen molar-refractivity contribution in [3.8, 4) is 0 Å². The summed E-state index contributed by atoms with van der Waals surface area (Å²) in [5, 5.41) is 7.08. The van der Waals surface area contributed by atoms with E-state index in [2.05, 4.69) is 15.8 Å². The van der Waals surface area contributed by atoms with Crippen LogP contribution in [0.4, 0.5) is 0 Å². The van der Waals surface area contributed by atoms with Gasteiger partial charge in [-0.1, -0.05) is 66.7 Å². The van der Waals surface area contributed by atoms with Crippen LogP contribution in [0.15, 0.2) is 96.1 Å². The molecular formula is C22H19N3O2. The highest BCUT2D eigenvalue weighted by atomic mass is 16.2. The van der Waals surface area contributed by atoms with Gasteiger partial charge in [0, 0.05) is 11.1 Å².